The first-order valence-electron chi connectivity index (χ1n) is 9.35. The van der Waals surface area contributed by atoms with E-state index in [1.54, 1.807) is 6.07 Å². The monoisotopic (exact) mass is 414 g/mol. The van der Waals surface area contributed by atoms with Crippen LogP contribution in [0.2, 0.25) is 0 Å². The zero-order valence-electron chi connectivity index (χ0n) is 15.8. The molecule has 1 amide bonds. The summed E-state index contributed by atoms with van der Waals surface area (Å²) in [5.74, 6) is -0.652. The number of nitrogens with zero attached hydrogens (tertiary/aromatic N) is 3. The number of amides is 1. The average molecular weight is 414 g/mol. The molecule has 0 spiro atoms. The first-order valence-corrected chi connectivity index (χ1v) is 9.35. The van der Waals surface area contributed by atoms with E-state index in [2.05, 4.69) is 31.1 Å². The molecular weight excluding hydrogens is 387 g/mol. The van der Waals surface area contributed by atoms with E-state index in [4.69, 9.17) is 11.1 Å². The number of nitrogens with two attached hydrogens (primary N) is 1. The number of hydrogen-bond acceptors (Lipinski definition) is 8. The number of aromatic nitrogens is 2. The summed E-state index contributed by atoms with van der Waals surface area (Å²) < 4.78 is 14.3. The molecule has 1 saturated carbocycles. The Balaban J connectivity index is 0.00000320. The summed E-state index contributed by atoms with van der Waals surface area (Å²) >= 11 is 0. The first kappa shape index (κ1) is 22.7. The molecule has 1 aliphatic rings. The molecule has 2 aromatic rings. The lowest BCUT2D eigenvalue weighted by atomic mass is 9.96. The van der Waals surface area contributed by atoms with Gasteiger partial charge in [-0.2, -0.15) is 10.1 Å². The van der Waals surface area contributed by atoms with Gasteiger partial charge >= 0.3 is 0 Å². The zero-order valence-corrected chi connectivity index (χ0v) is 15.8. The highest BCUT2D eigenvalue weighted by Crippen LogP contribution is 2.25. The Kier molecular flexibility index (Phi) is 8.21. The Morgan fingerprint density at radius 1 is 1.30 bits per heavy atom. The van der Waals surface area contributed by atoms with Crippen molar-refractivity contribution in [3.8, 4) is 0 Å². The van der Waals surface area contributed by atoms with Gasteiger partial charge in [-0.3, -0.25) is 10.2 Å². The van der Waals surface area contributed by atoms with Crippen LogP contribution in [0.1, 0.15) is 49.9 Å². The Bertz CT molecular complexity index is 912. The number of carbonyl (C=O) groups excluding carboxylic acids is 1. The SMILES string of the molecule is C.N=C/C=N\Nc1ccc(Nc2nc(NC3CCCCC3)ncc2C(N)=O)cc1F. The van der Waals surface area contributed by atoms with Crippen LogP contribution in [0, 0.1) is 11.2 Å². The number of rotatable bonds is 8. The molecule has 1 fully saturated rings. The maximum absolute atomic E-state index is 14.3. The molecule has 9 nitrogen and oxygen atoms in total. The van der Waals surface area contributed by atoms with E-state index in [0.29, 0.717) is 17.7 Å². The van der Waals surface area contributed by atoms with Crippen LogP contribution < -0.4 is 21.8 Å². The van der Waals surface area contributed by atoms with Crippen LogP contribution >= 0.6 is 0 Å². The number of anilines is 4. The highest BCUT2D eigenvalue weighted by Gasteiger charge is 2.17. The normalized spacial score (nSPS) is 14.0. The average Bonchev–Trinajstić information content (AvgIpc) is 2.70. The predicted molar refractivity (Wildman–Crippen MR) is 118 cm³/mol. The Labute approximate surface area is 174 Å². The lowest BCUT2D eigenvalue weighted by molar-refractivity contribution is 0.100. The smallest absolute Gasteiger partial charge is 0.254 e. The van der Waals surface area contributed by atoms with Crippen LogP contribution in [0.15, 0.2) is 29.5 Å². The molecule has 6 N–H and O–H groups in total. The van der Waals surface area contributed by atoms with Crippen LogP contribution in [-0.2, 0) is 0 Å². The largest absolute Gasteiger partial charge is 0.365 e. The third-order valence-electron chi connectivity index (χ3n) is 4.56. The fraction of sp³-hybridized carbons (Fsp3) is 0.350. The van der Waals surface area contributed by atoms with E-state index in [1.807, 2.05) is 0 Å². The molecule has 3 rings (SSSR count). The molecule has 0 bridgehead atoms. The van der Waals surface area contributed by atoms with Gasteiger partial charge in [0, 0.05) is 24.1 Å². The van der Waals surface area contributed by atoms with Crippen LogP contribution in [0.3, 0.4) is 0 Å². The lowest BCUT2D eigenvalue weighted by Crippen LogP contribution is -2.24. The van der Waals surface area contributed by atoms with Gasteiger partial charge in [-0.1, -0.05) is 26.7 Å². The number of primary amides is 1. The molecule has 10 heteroatoms. The van der Waals surface area contributed by atoms with Crippen LogP contribution in [0.4, 0.5) is 27.5 Å². The summed E-state index contributed by atoms with van der Waals surface area (Å²) in [6, 6.07) is 4.61. The number of hydrazone groups is 1. The van der Waals surface area contributed by atoms with Crippen molar-refractivity contribution in [3.63, 3.8) is 0 Å². The molecule has 1 aromatic carbocycles. The van der Waals surface area contributed by atoms with Gasteiger partial charge in [-0.15, -0.1) is 0 Å². The van der Waals surface area contributed by atoms with Gasteiger partial charge in [0.2, 0.25) is 5.95 Å². The van der Waals surface area contributed by atoms with Gasteiger partial charge in [0.15, 0.2) is 0 Å². The van der Waals surface area contributed by atoms with Crippen LogP contribution in [0.25, 0.3) is 0 Å². The van der Waals surface area contributed by atoms with E-state index in [9.17, 15) is 9.18 Å². The Hall–Kier alpha value is -3.56. The lowest BCUT2D eigenvalue weighted by Gasteiger charge is -2.23. The fourth-order valence-electron chi connectivity index (χ4n) is 3.12. The van der Waals surface area contributed by atoms with Gasteiger partial charge in [0.1, 0.15) is 17.2 Å². The molecule has 0 aliphatic heterocycles. The van der Waals surface area contributed by atoms with Gasteiger partial charge < -0.3 is 21.8 Å². The maximum atomic E-state index is 14.3. The number of benzene rings is 1. The number of nitrogens with one attached hydrogen (secondary N) is 4. The third kappa shape index (κ3) is 5.97. The molecular formula is C20H27FN8O. The predicted octanol–water partition coefficient (Wildman–Crippen LogP) is 3.89. The maximum Gasteiger partial charge on any atom is 0.254 e. The standard InChI is InChI=1S/C19H23FN8O.CH4/c20-15-10-13(6-7-16(15)28-24-9-8-21)25-18-14(17(22)29)11-23-19(27-18)26-12-4-2-1-3-5-12;/h6-12,21,28H,1-5H2,(H2,22,29)(H2,23,25,26,27);1H4/b21-8?,24-9-;. The minimum Gasteiger partial charge on any atom is -0.365 e. The van der Waals surface area contributed by atoms with E-state index in [-0.39, 0.29) is 24.5 Å². The third-order valence-corrected chi connectivity index (χ3v) is 4.56. The number of halogens is 1. The fourth-order valence-corrected chi connectivity index (χ4v) is 3.12. The molecule has 0 atom stereocenters. The summed E-state index contributed by atoms with van der Waals surface area (Å²) in [5.41, 5.74) is 8.56. The van der Waals surface area contributed by atoms with Crippen LogP contribution in [-0.4, -0.2) is 34.3 Å². The number of hydrogen-bond donors (Lipinski definition) is 5. The van der Waals surface area contributed by atoms with Gasteiger partial charge in [0.25, 0.3) is 5.91 Å². The molecule has 1 aliphatic carbocycles. The molecule has 160 valence electrons. The molecule has 0 unspecified atom stereocenters. The van der Waals surface area contributed by atoms with E-state index >= 15 is 0 Å². The van der Waals surface area contributed by atoms with Crippen molar-refractivity contribution >= 4 is 41.5 Å². The van der Waals surface area contributed by atoms with Gasteiger partial charge in [-0.25, -0.2) is 9.37 Å². The van der Waals surface area contributed by atoms with Crippen LogP contribution in [0.5, 0.6) is 0 Å². The van der Waals surface area contributed by atoms with Crippen molar-refractivity contribution in [2.24, 2.45) is 10.8 Å². The summed E-state index contributed by atoms with van der Waals surface area (Å²) in [6.07, 6.45) is 9.16. The number of carbonyl (C=O) groups is 1. The topological polar surface area (TPSA) is 141 Å². The highest BCUT2D eigenvalue weighted by molar-refractivity contribution is 6.14. The second kappa shape index (κ2) is 10.8. The summed E-state index contributed by atoms with van der Waals surface area (Å²) in [6.45, 7) is 0. The van der Waals surface area contributed by atoms with E-state index in [1.165, 1.54) is 31.0 Å². The first-order chi connectivity index (χ1) is 14.1. The Morgan fingerprint density at radius 2 is 2.07 bits per heavy atom. The van der Waals surface area contributed by atoms with Crippen molar-refractivity contribution in [3.05, 3.63) is 35.8 Å². The molecule has 30 heavy (non-hydrogen) atoms. The quantitative estimate of drug-likeness (QED) is 0.328. The molecule has 0 saturated heterocycles. The van der Waals surface area contributed by atoms with E-state index in [0.717, 1.165) is 31.9 Å². The van der Waals surface area contributed by atoms with Crippen molar-refractivity contribution in [2.75, 3.05) is 16.1 Å². The second-order valence-electron chi connectivity index (χ2n) is 6.68. The van der Waals surface area contributed by atoms with Crippen molar-refractivity contribution in [1.82, 2.24) is 9.97 Å². The van der Waals surface area contributed by atoms with Gasteiger partial charge in [0.05, 0.1) is 11.9 Å². The Morgan fingerprint density at radius 3 is 2.73 bits per heavy atom. The minimum absolute atomic E-state index is 0. The minimum atomic E-state index is -0.684. The molecule has 1 aromatic heterocycles. The second-order valence-corrected chi connectivity index (χ2v) is 6.68. The summed E-state index contributed by atoms with van der Waals surface area (Å²) in [7, 11) is 0. The van der Waals surface area contributed by atoms with Crippen molar-refractivity contribution in [1.29, 1.82) is 5.41 Å². The van der Waals surface area contributed by atoms with E-state index < -0.39 is 11.7 Å². The molecule has 1 heterocycles. The summed E-state index contributed by atoms with van der Waals surface area (Å²) in [4.78, 5) is 20.3. The highest BCUT2D eigenvalue weighted by atomic mass is 19.1. The molecule has 0 radical (unpaired) electrons. The zero-order chi connectivity index (χ0) is 20.6. The summed E-state index contributed by atoms with van der Waals surface area (Å²) in [5, 5.41) is 16.8. The van der Waals surface area contributed by atoms with Crippen molar-refractivity contribution in [2.45, 2.75) is 45.6 Å². The van der Waals surface area contributed by atoms with Gasteiger partial charge in [-0.05, 0) is 31.0 Å². The van der Waals surface area contributed by atoms with Crippen molar-refractivity contribution < 1.29 is 9.18 Å².